The summed E-state index contributed by atoms with van der Waals surface area (Å²) < 4.78 is 7.75. The third-order valence-corrected chi connectivity index (χ3v) is 13.2. The van der Waals surface area contributed by atoms with Gasteiger partial charge in [-0.1, -0.05) is 0 Å². The molecule has 0 heterocycles. The molecular formula is C28H25O2PSe. The molecule has 0 spiro atoms. The van der Waals surface area contributed by atoms with E-state index in [9.17, 15) is 4.79 Å². The summed E-state index contributed by atoms with van der Waals surface area (Å²) in [7, 11) is 0. The van der Waals surface area contributed by atoms with E-state index in [2.05, 4.69) is 84.9 Å². The van der Waals surface area contributed by atoms with Crippen LogP contribution in [0.4, 0.5) is 0 Å². The van der Waals surface area contributed by atoms with Crippen LogP contribution in [0.3, 0.4) is 0 Å². The molecule has 0 atom stereocenters. The van der Waals surface area contributed by atoms with E-state index < -0.39 is 6.89 Å². The fourth-order valence-corrected chi connectivity index (χ4v) is 12.5. The van der Waals surface area contributed by atoms with Crippen molar-refractivity contribution in [1.29, 1.82) is 0 Å². The van der Waals surface area contributed by atoms with E-state index in [1.807, 2.05) is 43.3 Å². The summed E-state index contributed by atoms with van der Waals surface area (Å²) in [5.74, 6) is -0.193. The molecule has 0 saturated carbocycles. The van der Waals surface area contributed by atoms with Crippen molar-refractivity contribution < 1.29 is 9.53 Å². The molecular weight excluding hydrogens is 478 g/mol. The Bertz CT molecular complexity index is 1100. The van der Waals surface area contributed by atoms with E-state index in [1.165, 1.54) is 15.9 Å². The van der Waals surface area contributed by atoms with Gasteiger partial charge < -0.3 is 0 Å². The van der Waals surface area contributed by atoms with E-state index in [1.54, 1.807) is 0 Å². The van der Waals surface area contributed by atoms with Crippen molar-refractivity contribution in [2.24, 2.45) is 0 Å². The predicted octanol–water partition coefficient (Wildman–Crippen LogP) is 3.70. The van der Waals surface area contributed by atoms with Gasteiger partial charge in [-0.2, -0.15) is 0 Å². The van der Waals surface area contributed by atoms with Crippen LogP contribution in [-0.2, 0) is 9.53 Å². The summed E-state index contributed by atoms with van der Waals surface area (Å²) in [5, 5.41) is 3.50. The van der Waals surface area contributed by atoms with Crippen LogP contribution >= 0.6 is 6.89 Å². The van der Waals surface area contributed by atoms with Crippen LogP contribution < -0.4 is 20.4 Å². The van der Waals surface area contributed by atoms with Gasteiger partial charge >= 0.3 is 197 Å². The summed E-state index contributed by atoms with van der Waals surface area (Å²) in [5.41, 5.74) is 0. The summed E-state index contributed by atoms with van der Waals surface area (Å²) >= 11 is -0.206. The number of benzene rings is 4. The van der Waals surface area contributed by atoms with E-state index in [-0.39, 0.29) is 20.9 Å². The van der Waals surface area contributed by atoms with Crippen LogP contribution in [0.2, 0.25) is 0 Å². The van der Waals surface area contributed by atoms with Gasteiger partial charge in [-0.25, -0.2) is 0 Å². The second-order valence-corrected chi connectivity index (χ2v) is 13.4. The molecule has 4 heteroatoms. The SMILES string of the molecule is CCOC(=O)C([Se]c1ccccc1)=P(c1ccccc1)(c1ccccc1)c1ccccc1. The molecule has 0 aliphatic carbocycles. The molecule has 4 rings (SSSR count). The monoisotopic (exact) mass is 504 g/mol. The second kappa shape index (κ2) is 10.7. The molecule has 0 aliphatic heterocycles. The van der Waals surface area contributed by atoms with Crippen molar-refractivity contribution >= 4 is 52.4 Å². The number of rotatable bonds is 7. The maximum atomic E-state index is 13.7. The van der Waals surface area contributed by atoms with E-state index >= 15 is 0 Å². The number of carbonyl (C=O) groups is 1. The zero-order valence-corrected chi connectivity index (χ0v) is 20.5. The van der Waals surface area contributed by atoms with Gasteiger partial charge in [0.25, 0.3) is 0 Å². The quantitative estimate of drug-likeness (QED) is 0.219. The van der Waals surface area contributed by atoms with Crippen molar-refractivity contribution in [3.05, 3.63) is 121 Å². The molecule has 4 aromatic rings. The molecule has 0 fully saturated rings. The number of hydrogen-bond acceptors (Lipinski definition) is 2. The van der Waals surface area contributed by atoms with Crippen LogP contribution in [0, 0.1) is 0 Å². The van der Waals surface area contributed by atoms with Crippen LogP contribution in [0.1, 0.15) is 6.92 Å². The Hall–Kier alpha value is -2.83. The maximum absolute atomic E-state index is 13.7. The first-order chi connectivity index (χ1) is 15.8. The molecule has 0 aliphatic rings. The Morgan fingerprint density at radius 2 is 1.03 bits per heavy atom. The zero-order chi connectivity index (χ0) is 22.2. The Morgan fingerprint density at radius 3 is 1.41 bits per heavy atom. The van der Waals surface area contributed by atoms with Crippen LogP contribution in [0.25, 0.3) is 0 Å². The zero-order valence-electron chi connectivity index (χ0n) is 17.9. The summed E-state index contributed by atoms with van der Waals surface area (Å²) in [6.45, 7) is -0.218. The first kappa shape index (κ1) is 22.4. The molecule has 0 amide bonds. The average molecular weight is 503 g/mol. The molecule has 0 aromatic heterocycles. The van der Waals surface area contributed by atoms with Crippen molar-refractivity contribution in [2.75, 3.05) is 6.61 Å². The normalized spacial score (nSPS) is 11.0. The van der Waals surface area contributed by atoms with Crippen molar-refractivity contribution in [3.63, 3.8) is 0 Å². The Labute approximate surface area is 196 Å². The summed E-state index contributed by atoms with van der Waals surface area (Å²) in [6.07, 6.45) is 0. The summed E-state index contributed by atoms with van der Waals surface area (Å²) in [4.78, 5) is 13.7. The van der Waals surface area contributed by atoms with Crippen molar-refractivity contribution in [2.45, 2.75) is 6.92 Å². The minimum atomic E-state index is -2.44. The second-order valence-electron chi connectivity index (χ2n) is 7.12. The molecule has 0 saturated heterocycles. The van der Waals surface area contributed by atoms with Gasteiger partial charge in [0.1, 0.15) is 0 Å². The number of carbonyl (C=O) groups excluding carboxylic acids is 1. The van der Waals surface area contributed by atoms with Crippen molar-refractivity contribution in [1.82, 2.24) is 0 Å². The molecule has 0 N–H and O–H groups in total. The van der Waals surface area contributed by atoms with E-state index in [4.69, 9.17) is 4.74 Å². The number of ether oxygens (including phenoxy) is 1. The van der Waals surface area contributed by atoms with Gasteiger partial charge in [0, 0.05) is 0 Å². The molecule has 0 bridgehead atoms. The molecule has 32 heavy (non-hydrogen) atoms. The van der Waals surface area contributed by atoms with Gasteiger partial charge in [0.15, 0.2) is 0 Å². The third-order valence-electron chi connectivity index (χ3n) is 5.14. The summed E-state index contributed by atoms with van der Waals surface area (Å²) in [6, 6.07) is 41.7. The van der Waals surface area contributed by atoms with Crippen LogP contribution in [0.5, 0.6) is 0 Å². The van der Waals surface area contributed by atoms with Crippen LogP contribution in [-0.4, -0.2) is 31.7 Å². The first-order valence-corrected chi connectivity index (χ1v) is 14.1. The third kappa shape index (κ3) is 4.52. The van der Waals surface area contributed by atoms with E-state index in [0.717, 1.165) is 8.65 Å². The molecule has 0 unspecified atom stereocenters. The Morgan fingerprint density at radius 1 is 0.656 bits per heavy atom. The van der Waals surface area contributed by atoms with E-state index in [0.29, 0.717) is 6.61 Å². The molecule has 4 aromatic carbocycles. The molecule has 2 nitrogen and oxygen atoms in total. The van der Waals surface area contributed by atoms with Crippen LogP contribution in [0.15, 0.2) is 121 Å². The van der Waals surface area contributed by atoms with Gasteiger partial charge in [0.05, 0.1) is 0 Å². The molecule has 0 radical (unpaired) electrons. The predicted molar refractivity (Wildman–Crippen MR) is 139 cm³/mol. The standard InChI is InChI=1S/C28H25O2PSe/c1-2-30-27(29)28(32-26-21-13-6-14-22-26)31(23-15-7-3-8-16-23,24-17-9-4-10-18-24)25-19-11-5-12-20-25/h3-22H,2H2,1H3. The van der Waals surface area contributed by atoms with Gasteiger partial charge in [-0.15, -0.1) is 0 Å². The van der Waals surface area contributed by atoms with Gasteiger partial charge in [-0.3, -0.25) is 0 Å². The first-order valence-electron chi connectivity index (χ1n) is 10.6. The minimum absolute atomic E-state index is 0.193. The Balaban J connectivity index is 2.18. The fourth-order valence-electron chi connectivity index (χ4n) is 3.79. The topological polar surface area (TPSA) is 26.3 Å². The van der Waals surface area contributed by atoms with Gasteiger partial charge in [-0.05, 0) is 0 Å². The number of hydrogen-bond donors (Lipinski definition) is 0. The molecule has 160 valence electrons. The fraction of sp³-hybridized carbons (Fsp3) is 0.0714. The Kier molecular flexibility index (Phi) is 7.45. The van der Waals surface area contributed by atoms with Crippen molar-refractivity contribution in [3.8, 4) is 0 Å². The average Bonchev–Trinajstić information content (AvgIpc) is 2.87. The number of esters is 1. The van der Waals surface area contributed by atoms with Gasteiger partial charge in [0.2, 0.25) is 0 Å².